The van der Waals surface area contributed by atoms with E-state index in [4.69, 9.17) is 9.84 Å². The minimum Gasteiger partial charge on any atom is -0.478 e. The van der Waals surface area contributed by atoms with Crippen molar-refractivity contribution in [1.82, 2.24) is 0 Å². The zero-order valence-electron chi connectivity index (χ0n) is 10.4. The highest BCUT2D eigenvalue weighted by atomic mass is 32.2. The summed E-state index contributed by atoms with van der Waals surface area (Å²) in [6.07, 6.45) is 0.733. The number of hydrogen-bond donors (Lipinski definition) is 1. The SMILES string of the molecule is CCC(C)OC(=O)CSc1ccc(C(=O)O)cc1. The Morgan fingerprint density at radius 1 is 1.33 bits per heavy atom. The van der Waals surface area contributed by atoms with Crippen LogP contribution in [-0.2, 0) is 9.53 Å². The van der Waals surface area contributed by atoms with Crippen molar-refractivity contribution in [3.05, 3.63) is 29.8 Å². The Bertz CT molecular complexity index is 414. The molecule has 0 aromatic heterocycles. The molecule has 0 aliphatic heterocycles. The van der Waals surface area contributed by atoms with Crippen molar-refractivity contribution in [2.75, 3.05) is 5.75 Å². The number of carbonyl (C=O) groups is 2. The maximum Gasteiger partial charge on any atom is 0.335 e. The summed E-state index contributed by atoms with van der Waals surface area (Å²) in [6, 6.07) is 6.41. The summed E-state index contributed by atoms with van der Waals surface area (Å²) in [7, 11) is 0. The molecule has 0 saturated heterocycles. The van der Waals surface area contributed by atoms with Crippen molar-refractivity contribution in [2.24, 2.45) is 0 Å². The van der Waals surface area contributed by atoms with Crippen LogP contribution in [-0.4, -0.2) is 28.9 Å². The summed E-state index contributed by atoms with van der Waals surface area (Å²) >= 11 is 1.33. The first-order valence-electron chi connectivity index (χ1n) is 5.68. The topological polar surface area (TPSA) is 63.6 Å². The molecule has 0 aliphatic rings. The number of ether oxygens (including phenoxy) is 1. The summed E-state index contributed by atoms with van der Waals surface area (Å²) in [4.78, 5) is 22.9. The molecule has 0 amide bonds. The average Bonchev–Trinajstić information content (AvgIpc) is 2.36. The second-order valence-electron chi connectivity index (χ2n) is 3.83. The molecular formula is C13H16O4S. The van der Waals surface area contributed by atoms with E-state index >= 15 is 0 Å². The zero-order valence-corrected chi connectivity index (χ0v) is 11.2. The lowest BCUT2D eigenvalue weighted by atomic mass is 10.2. The van der Waals surface area contributed by atoms with E-state index in [0.29, 0.717) is 0 Å². The minimum atomic E-state index is -0.956. The molecule has 1 aromatic rings. The van der Waals surface area contributed by atoms with Crippen LogP contribution in [0.2, 0.25) is 0 Å². The van der Waals surface area contributed by atoms with Gasteiger partial charge in [0.2, 0.25) is 0 Å². The number of aromatic carboxylic acids is 1. The Hall–Kier alpha value is -1.49. The maximum absolute atomic E-state index is 11.4. The maximum atomic E-state index is 11.4. The van der Waals surface area contributed by atoms with Gasteiger partial charge in [-0.2, -0.15) is 0 Å². The number of hydrogen-bond acceptors (Lipinski definition) is 4. The number of thioether (sulfide) groups is 1. The molecule has 0 heterocycles. The first kappa shape index (κ1) is 14.6. The Kier molecular flexibility index (Phi) is 5.71. The van der Waals surface area contributed by atoms with Gasteiger partial charge in [-0.15, -0.1) is 11.8 Å². The highest BCUT2D eigenvalue weighted by molar-refractivity contribution is 8.00. The first-order valence-corrected chi connectivity index (χ1v) is 6.67. The Morgan fingerprint density at radius 3 is 2.44 bits per heavy atom. The molecule has 4 nitrogen and oxygen atoms in total. The highest BCUT2D eigenvalue weighted by Crippen LogP contribution is 2.19. The molecule has 18 heavy (non-hydrogen) atoms. The van der Waals surface area contributed by atoms with Crippen molar-refractivity contribution in [3.8, 4) is 0 Å². The van der Waals surface area contributed by atoms with E-state index in [1.54, 1.807) is 12.1 Å². The molecule has 1 atom stereocenters. The van der Waals surface area contributed by atoms with E-state index in [1.807, 2.05) is 13.8 Å². The molecule has 5 heteroatoms. The summed E-state index contributed by atoms with van der Waals surface area (Å²) in [6.45, 7) is 3.81. The number of benzene rings is 1. The van der Waals surface area contributed by atoms with Crippen LogP contribution < -0.4 is 0 Å². The lowest BCUT2D eigenvalue weighted by molar-refractivity contribution is -0.144. The van der Waals surface area contributed by atoms with Crippen LogP contribution in [0.3, 0.4) is 0 Å². The number of carbonyl (C=O) groups excluding carboxylic acids is 1. The van der Waals surface area contributed by atoms with Crippen LogP contribution in [0.15, 0.2) is 29.2 Å². The molecule has 0 radical (unpaired) electrons. The average molecular weight is 268 g/mol. The van der Waals surface area contributed by atoms with Gasteiger partial charge in [-0.1, -0.05) is 6.92 Å². The lowest BCUT2D eigenvalue weighted by Crippen LogP contribution is -2.15. The number of rotatable bonds is 6. The van der Waals surface area contributed by atoms with Gasteiger partial charge in [0.15, 0.2) is 0 Å². The normalized spacial score (nSPS) is 11.9. The molecule has 0 bridgehead atoms. The summed E-state index contributed by atoms with van der Waals surface area (Å²) in [5.41, 5.74) is 0.238. The summed E-state index contributed by atoms with van der Waals surface area (Å²) in [5.74, 6) is -0.976. The van der Waals surface area contributed by atoms with E-state index in [2.05, 4.69) is 0 Å². The quantitative estimate of drug-likeness (QED) is 0.635. The largest absolute Gasteiger partial charge is 0.478 e. The predicted molar refractivity (Wildman–Crippen MR) is 70.0 cm³/mol. The van der Waals surface area contributed by atoms with Crippen molar-refractivity contribution < 1.29 is 19.4 Å². The van der Waals surface area contributed by atoms with E-state index in [0.717, 1.165) is 11.3 Å². The van der Waals surface area contributed by atoms with Crippen LogP contribution >= 0.6 is 11.8 Å². The molecule has 1 rings (SSSR count). The van der Waals surface area contributed by atoms with Gasteiger partial charge < -0.3 is 9.84 Å². The number of esters is 1. The van der Waals surface area contributed by atoms with Crippen molar-refractivity contribution in [1.29, 1.82) is 0 Å². The zero-order chi connectivity index (χ0) is 13.5. The van der Waals surface area contributed by atoms with Crippen molar-refractivity contribution in [2.45, 2.75) is 31.3 Å². The second kappa shape index (κ2) is 7.06. The smallest absolute Gasteiger partial charge is 0.335 e. The van der Waals surface area contributed by atoms with Crippen LogP contribution in [0.25, 0.3) is 0 Å². The molecule has 1 unspecified atom stereocenters. The van der Waals surface area contributed by atoms with Crippen LogP contribution in [0.5, 0.6) is 0 Å². The number of carboxylic acid groups (broad SMARTS) is 1. The minimum absolute atomic E-state index is 0.0625. The Morgan fingerprint density at radius 2 is 1.94 bits per heavy atom. The molecule has 0 fully saturated rings. The Balaban J connectivity index is 2.44. The fraction of sp³-hybridized carbons (Fsp3) is 0.385. The first-order chi connectivity index (χ1) is 8.52. The predicted octanol–water partition coefficient (Wildman–Crippen LogP) is 2.82. The number of carboxylic acids is 1. The van der Waals surface area contributed by atoms with Gasteiger partial charge >= 0.3 is 11.9 Å². The van der Waals surface area contributed by atoms with Crippen LogP contribution in [0.1, 0.15) is 30.6 Å². The van der Waals surface area contributed by atoms with Gasteiger partial charge in [0, 0.05) is 4.90 Å². The van der Waals surface area contributed by atoms with Crippen LogP contribution in [0.4, 0.5) is 0 Å². The highest BCUT2D eigenvalue weighted by Gasteiger charge is 2.08. The van der Waals surface area contributed by atoms with Gasteiger partial charge in [-0.25, -0.2) is 4.79 Å². The molecule has 0 spiro atoms. The third kappa shape index (κ3) is 4.79. The van der Waals surface area contributed by atoms with Crippen molar-refractivity contribution >= 4 is 23.7 Å². The van der Waals surface area contributed by atoms with Crippen molar-refractivity contribution in [3.63, 3.8) is 0 Å². The third-order valence-electron chi connectivity index (χ3n) is 2.37. The summed E-state index contributed by atoms with van der Waals surface area (Å²) < 4.78 is 5.13. The monoisotopic (exact) mass is 268 g/mol. The van der Waals surface area contributed by atoms with Gasteiger partial charge in [0.05, 0.1) is 17.4 Å². The molecule has 1 N–H and O–H groups in total. The molecule has 0 aliphatic carbocycles. The fourth-order valence-corrected chi connectivity index (χ4v) is 1.86. The van der Waals surface area contributed by atoms with E-state index in [-0.39, 0.29) is 23.4 Å². The van der Waals surface area contributed by atoms with E-state index in [9.17, 15) is 9.59 Å². The van der Waals surface area contributed by atoms with E-state index < -0.39 is 5.97 Å². The molecule has 98 valence electrons. The molecule has 1 aromatic carbocycles. The lowest BCUT2D eigenvalue weighted by Gasteiger charge is -2.10. The standard InChI is InChI=1S/C13H16O4S/c1-3-9(2)17-12(14)8-18-11-6-4-10(5-7-11)13(15)16/h4-7,9H,3,8H2,1-2H3,(H,15,16). The fourth-order valence-electron chi connectivity index (χ4n) is 1.18. The molecule has 0 saturated carbocycles. The second-order valence-corrected chi connectivity index (χ2v) is 4.88. The van der Waals surface area contributed by atoms with Gasteiger partial charge in [0.25, 0.3) is 0 Å². The van der Waals surface area contributed by atoms with E-state index in [1.165, 1.54) is 23.9 Å². The molecular weight excluding hydrogens is 252 g/mol. The Labute approximate surface area is 110 Å². The van der Waals surface area contributed by atoms with Gasteiger partial charge in [-0.05, 0) is 37.6 Å². The summed E-state index contributed by atoms with van der Waals surface area (Å²) in [5, 5.41) is 8.74. The van der Waals surface area contributed by atoms with Crippen LogP contribution in [0, 0.1) is 0 Å². The van der Waals surface area contributed by atoms with Gasteiger partial charge in [-0.3, -0.25) is 4.79 Å². The van der Waals surface area contributed by atoms with Gasteiger partial charge in [0.1, 0.15) is 0 Å². The third-order valence-corrected chi connectivity index (χ3v) is 3.35.